The molecule has 0 aliphatic carbocycles. The van der Waals surface area contributed by atoms with E-state index in [9.17, 15) is 4.79 Å². The van der Waals surface area contributed by atoms with Gasteiger partial charge in [0.1, 0.15) is 0 Å². The molecule has 0 aliphatic heterocycles. The summed E-state index contributed by atoms with van der Waals surface area (Å²) in [6, 6.07) is 6.11. The highest BCUT2D eigenvalue weighted by Gasteiger charge is 2.21. The summed E-state index contributed by atoms with van der Waals surface area (Å²) >= 11 is 3.35. The molecule has 19 heavy (non-hydrogen) atoms. The lowest BCUT2D eigenvalue weighted by Gasteiger charge is -2.23. The molecule has 5 heteroatoms. The van der Waals surface area contributed by atoms with Crippen molar-refractivity contribution >= 4 is 28.6 Å². The standard InChI is InChI=1S/C14H18N2OS2/c1-14(2,12-4-3-5-18-12)9-16-7-11-6-10(8-19-11)13(15)17/h3-6,8,16H,7,9H2,1-2H3,(H2,15,17). The van der Waals surface area contributed by atoms with E-state index in [0.29, 0.717) is 5.56 Å². The van der Waals surface area contributed by atoms with Crippen molar-refractivity contribution in [3.8, 4) is 0 Å². The normalized spacial score (nSPS) is 11.7. The van der Waals surface area contributed by atoms with Crippen molar-refractivity contribution in [2.45, 2.75) is 25.8 Å². The number of carbonyl (C=O) groups excluding carboxylic acids is 1. The molecule has 0 fully saturated rings. The zero-order valence-corrected chi connectivity index (χ0v) is 12.7. The van der Waals surface area contributed by atoms with E-state index in [1.54, 1.807) is 22.7 Å². The van der Waals surface area contributed by atoms with Crippen molar-refractivity contribution in [1.29, 1.82) is 0 Å². The largest absolute Gasteiger partial charge is 0.366 e. The maximum Gasteiger partial charge on any atom is 0.249 e. The fourth-order valence-corrected chi connectivity index (χ4v) is 3.55. The Bertz CT molecular complexity index is 544. The monoisotopic (exact) mass is 294 g/mol. The van der Waals surface area contributed by atoms with Gasteiger partial charge in [0, 0.05) is 33.6 Å². The second kappa shape index (κ2) is 5.86. The average Bonchev–Trinajstić information content (AvgIpc) is 3.00. The highest BCUT2D eigenvalue weighted by atomic mass is 32.1. The average molecular weight is 294 g/mol. The van der Waals surface area contributed by atoms with Crippen LogP contribution in [0.2, 0.25) is 0 Å². The Morgan fingerprint density at radius 1 is 1.42 bits per heavy atom. The van der Waals surface area contributed by atoms with E-state index in [2.05, 4.69) is 36.7 Å². The van der Waals surface area contributed by atoms with Crippen LogP contribution in [0, 0.1) is 0 Å². The Kier molecular flexibility index (Phi) is 4.39. The van der Waals surface area contributed by atoms with Gasteiger partial charge in [0.25, 0.3) is 0 Å². The fourth-order valence-electron chi connectivity index (χ4n) is 1.85. The molecular formula is C14H18N2OS2. The first-order chi connectivity index (χ1) is 8.99. The van der Waals surface area contributed by atoms with Crippen LogP contribution in [0.5, 0.6) is 0 Å². The lowest BCUT2D eigenvalue weighted by Crippen LogP contribution is -2.31. The number of primary amides is 1. The first-order valence-corrected chi connectivity index (χ1v) is 7.87. The van der Waals surface area contributed by atoms with Crippen LogP contribution in [0.15, 0.2) is 29.0 Å². The molecule has 0 unspecified atom stereocenters. The van der Waals surface area contributed by atoms with E-state index < -0.39 is 0 Å². The Morgan fingerprint density at radius 2 is 2.21 bits per heavy atom. The molecule has 2 rings (SSSR count). The molecule has 1 amide bonds. The summed E-state index contributed by atoms with van der Waals surface area (Å²) < 4.78 is 0. The molecule has 0 aliphatic rings. The smallest absolute Gasteiger partial charge is 0.249 e. The second-order valence-corrected chi connectivity index (χ2v) is 7.07. The van der Waals surface area contributed by atoms with Crippen LogP contribution in [0.3, 0.4) is 0 Å². The molecule has 2 aromatic heterocycles. The maximum atomic E-state index is 11.0. The number of hydrogen-bond acceptors (Lipinski definition) is 4. The Hall–Kier alpha value is -1.17. The highest BCUT2D eigenvalue weighted by Crippen LogP contribution is 2.26. The quantitative estimate of drug-likeness (QED) is 0.860. The molecule has 0 spiro atoms. The molecular weight excluding hydrogens is 276 g/mol. The van der Waals surface area contributed by atoms with Crippen LogP contribution >= 0.6 is 22.7 Å². The molecule has 0 bridgehead atoms. The zero-order valence-electron chi connectivity index (χ0n) is 11.1. The van der Waals surface area contributed by atoms with Gasteiger partial charge in [0.15, 0.2) is 0 Å². The summed E-state index contributed by atoms with van der Waals surface area (Å²) in [5, 5.41) is 7.36. The van der Waals surface area contributed by atoms with Crippen molar-refractivity contribution in [3.63, 3.8) is 0 Å². The molecule has 0 saturated heterocycles. The van der Waals surface area contributed by atoms with Gasteiger partial charge in [-0.3, -0.25) is 4.79 Å². The molecule has 0 aromatic carbocycles. The zero-order chi connectivity index (χ0) is 13.9. The van der Waals surface area contributed by atoms with E-state index in [1.165, 1.54) is 4.88 Å². The van der Waals surface area contributed by atoms with Crippen LogP contribution in [0.4, 0.5) is 0 Å². The minimum absolute atomic E-state index is 0.123. The topological polar surface area (TPSA) is 55.1 Å². The van der Waals surface area contributed by atoms with Gasteiger partial charge < -0.3 is 11.1 Å². The first-order valence-electron chi connectivity index (χ1n) is 6.11. The van der Waals surface area contributed by atoms with Gasteiger partial charge in [-0.2, -0.15) is 0 Å². The van der Waals surface area contributed by atoms with Gasteiger partial charge in [-0.05, 0) is 17.5 Å². The number of nitrogens with two attached hydrogens (primary N) is 1. The number of thiophene rings is 2. The van der Waals surface area contributed by atoms with E-state index in [4.69, 9.17) is 5.73 Å². The van der Waals surface area contributed by atoms with Gasteiger partial charge in [-0.1, -0.05) is 19.9 Å². The third kappa shape index (κ3) is 3.65. The molecule has 3 N–H and O–H groups in total. The van der Waals surface area contributed by atoms with Gasteiger partial charge >= 0.3 is 0 Å². The van der Waals surface area contributed by atoms with Crippen molar-refractivity contribution in [2.75, 3.05) is 6.54 Å². The molecule has 2 heterocycles. The third-order valence-corrected chi connectivity index (χ3v) is 5.17. The summed E-state index contributed by atoms with van der Waals surface area (Å²) in [5.74, 6) is -0.360. The second-order valence-electron chi connectivity index (χ2n) is 5.13. The number of carbonyl (C=O) groups is 1. The maximum absolute atomic E-state index is 11.0. The molecule has 2 aromatic rings. The Balaban J connectivity index is 1.87. The van der Waals surface area contributed by atoms with Crippen LogP contribution in [0.1, 0.15) is 34.0 Å². The van der Waals surface area contributed by atoms with Crippen LogP contribution in [0.25, 0.3) is 0 Å². The van der Waals surface area contributed by atoms with Crippen molar-refractivity contribution in [1.82, 2.24) is 5.32 Å². The number of hydrogen-bond donors (Lipinski definition) is 2. The SMILES string of the molecule is CC(C)(CNCc1cc(C(N)=O)cs1)c1cccs1. The van der Waals surface area contributed by atoms with Crippen molar-refractivity contribution < 1.29 is 4.79 Å². The lowest BCUT2D eigenvalue weighted by atomic mass is 9.91. The van der Waals surface area contributed by atoms with Gasteiger partial charge in [0.2, 0.25) is 5.91 Å². The van der Waals surface area contributed by atoms with Gasteiger partial charge in [-0.15, -0.1) is 22.7 Å². The predicted octanol–water partition coefficient (Wildman–Crippen LogP) is 2.98. The summed E-state index contributed by atoms with van der Waals surface area (Å²) in [7, 11) is 0. The first kappa shape index (κ1) is 14.2. The van der Waals surface area contributed by atoms with E-state index in [0.717, 1.165) is 18.0 Å². The number of rotatable bonds is 6. The number of amides is 1. The Labute approximate surface area is 121 Å². The fraction of sp³-hybridized carbons (Fsp3) is 0.357. The summed E-state index contributed by atoms with van der Waals surface area (Å²) in [5.41, 5.74) is 5.96. The van der Waals surface area contributed by atoms with Crippen LogP contribution in [-0.4, -0.2) is 12.5 Å². The van der Waals surface area contributed by atoms with Gasteiger partial charge in [-0.25, -0.2) is 0 Å². The summed E-state index contributed by atoms with van der Waals surface area (Å²) in [6.07, 6.45) is 0. The van der Waals surface area contributed by atoms with Crippen LogP contribution < -0.4 is 11.1 Å². The minimum atomic E-state index is -0.360. The van der Waals surface area contributed by atoms with E-state index in [1.807, 2.05) is 11.4 Å². The van der Waals surface area contributed by atoms with Crippen molar-refractivity contribution in [3.05, 3.63) is 44.3 Å². The number of nitrogens with one attached hydrogen (secondary N) is 1. The summed E-state index contributed by atoms with van der Waals surface area (Å²) in [6.45, 7) is 6.13. The summed E-state index contributed by atoms with van der Waals surface area (Å²) in [4.78, 5) is 13.5. The van der Waals surface area contributed by atoms with E-state index >= 15 is 0 Å². The van der Waals surface area contributed by atoms with Gasteiger partial charge in [0.05, 0.1) is 5.56 Å². The molecule has 0 radical (unpaired) electrons. The minimum Gasteiger partial charge on any atom is -0.366 e. The molecule has 3 nitrogen and oxygen atoms in total. The predicted molar refractivity (Wildman–Crippen MR) is 81.9 cm³/mol. The molecule has 0 atom stereocenters. The van der Waals surface area contributed by atoms with E-state index in [-0.39, 0.29) is 11.3 Å². The molecule has 0 saturated carbocycles. The lowest BCUT2D eigenvalue weighted by molar-refractivity contribution is 0.100. The highest BCUT2D eigenvalue weighted by molar-refractivity contribution is 7.10. The Morgan fingerprint density at radius 3 is 2.79 bits per heavy atom. The third-order valence-electron chi connectivity index (χ3n) is 2.99. The van der Waals surface area contributed by atoms with Crippen molar-refractivity contribution in [2.24, 2.45) is 5.73 Å². The molecule has 102 valence electrons. The van der Waals surface area contributed by atoms with Crippen LogP contribution in [-0.2, 0) is 12.0 Å².